The molecule has 7 heterocycles. The van der Waals surface area contributed by atoms with E-state index in [1.807, 2.05) is 0 Å². The Balaban J connectivity index is 1.16. The molecule has 7 saturated heterocycles. The Morgan fingerprint density at radius 3 is 1.28 bits per heavy atom. The maximum Gasteiger partial charge on any atom is 0.315 e. The van der Waals surface area contributed by atoms with Crippen LogP contribution in [-0.4, -0.2) is 321 Å². The molecule has 0 radical (unpaired) electrons. The fourth-order valence-electron chi connectivity index (χ4n) is 13.3. The molecule has 13 unspecified atom stereocenters. The summed E-state index contributed by atoms with van der Waals surface area (Å²) < 4.78 is 255. The van der Waals surface area contributed by atoms with E-state index in [1.54, 1.807) is 11.8 Å². The Labute approximate surface area is 680 Å². The number of thioether (sulfide) groups is 1. The molecule has 0 saturated carbocycles. The van der Waals surface area contributed by atoms with Gasteiger partial charge in [-0.3, -0.25) is 59.0 Å². The Hall–Kier alpha value is -2.77. The van der Waals surface area contributed by atoms with E-state index in [2.05, 4.69) is 71.3 Å². The van der Waals surface area contributed by atoms with Crippen molar-refractivity contribution in [2.45, 2.75) is 222 Å². The highest BCUT2D eigenvalue weighted by Gasteiger charge is 2.61. The van der Waals surface area contributed by atoms with Gasteiger partial charge in [0.2, 0.25) is 43.0 Å². The zero-order valence-corrected chi connectivity index (χ0v) is 67.5. The molecular formula is C53H79N4O51S8-9. The van der Waals surface area contributed by atoms with Crippen LogP contribution in [0, 0.1) is 0 Å². The number of carboxylic acid groups (broad SMARTS) is 2. The fourth-order valence-corrected chi connectivity index (χ4v) is 17.2. The van der Waals surface area contributed by atoms with Crippen LogP contribution in [0.1, 0.15) is 51.4 Å². The van der Waals surface area contributed by atoms with E-state index in [4.69, 9.17) is 92.5 Å². The number of aliphatic carboxylic acids is 2. The molecule has 7 aliphatic rings. The van der Waals surface area contributed by atoms with Gasteiger partial charge in [0.15, 0.2) is 93.0 Å². The summed E-state index contributed by atoms with van der Waals surface area (Å²) >= 11 is 0.419. The second-order valence-electron chi connectivity index (χ2n) is 24.7. The number of nitrogens with one attached hydrogen (secondary N) is 4. The standard InChI is InChI=1S/C53H88N4O51S8/c1-78-30-22(17-85-114(69,70)71)88-48(29(33(30)79-2)56-27(59)15-9-8-12-16-54-26(58)14-11-10-13-25-28-21(20-109-25)55-53(64)57-28)93-36-34(80-3)42(82-5)50(95-40(36)46(60)61)92-32-24(19-87-116(75,76)77)90-52(45(100-113-108-104-68)39(32)98-111-106-102-66)94-37-35(81-4)43(83-6)51(96-41(37)47(62)63)91-31-23(18-86-115(72,73)74)89-49(84-7)44(99-112-107-103-67)38(31)97-110-105-101-65/h21-25,28-45,48-52,65-68H,8-20H2,1-7H3,(H,54,58)(H,56,59)(H,60,61)(H,62,63)(H2,55,57,64)(H,69,70,71)(H,72,73,74)(H,75,76,77)/p-9/t21?,22?,23?,24-,25?,28?,29?,30+,31+,32-,33-,34+,35?,36-,37+,38+,39?,40?,41-,42?,43?,44?,45?,48+,49-,50-,51+,52-/m1/s1. The molecule has 0 aliphatic carbocycles. The van der Waals surface area contributed by atoms with Crippen LogP contribution < -0.4 is 52.5 Å². The van der Waals surface area contributed by atoms with Crippen LogP contribution in [0.5, 0.6) is 0 Å². The first-order chi connectivity index (χ1) is 55.3. The van der Waals surface area contributed by atoms with Crippen LogP contribution in [-0.2, 0) is 193 Å². The van der Waals surface area contributed by atoms with Crippen molar-refractivity contribution in [2.24, 2.45) is 0 Å². The second kappa shape index (κ2) is 49.7. The molecule has 0 spiro atoms. The zero-order chi connectivity index (χ0) is 85.0. The number of ether oxygens (including phenoxy) is 16. The zero-order valence-electron chi connectivity index (χ0n) is 60.9. The largest absolute Gasteiger partial charge is 0.726 e. The average molecular weight is 1840 g/mol. The minimum atomic E-state index is -5.89. The quantitative estimate of drug-likeness (QED) is 0.00835. The molecular weight excluding hydrogens is 1770 g/mol. The lowest BCUT2D eigenvalue weighted by Crippen LogP contribution is -2.71. The maximum absolute atomic E-state index is 14.0. The number of hydrogen-bond donors (Lipinski definition) is 4. The van der Waals surface area contributed by atoms with Crippen LogP contribution in [0.4, 0.5) is 4.79 Å². The van der Waals surface area contributed by atoms with Gasteiger partial charge >= 0.3 is 6.03 Å². The number of carbonyl (C=O) groups is 5. The van der Waals surface area contributed by atoms with E-state index in [9.17, 15) is 94.1 Å². The van der Waals surface area contributed by atoms with Gasteiger partial charge in [0.05, 0.1) is 43.8 Å². The van der Waals surface area contributed by atoms with Crippen LogP contribution in [0.15, 0.2) is 0 Å². The maximum atomic E-state index is 14.0. The number of methoxy groups -OCH3 is 7. The SMILES string of the molecule is COC1C(OC)[C@H](O[C@H]2O[C@H](COS(=O)(=O)[O-])[C@@H](O[C@@H]3OC(C(=O)[O-])[C@H](O[C@@H]4OC(COS(=O)(=O)[O-])[C@H](OC)[C@H](OC)C4NC(=O)CCCCCNC(=O)CCCCC4SCC5NC(=O)NC54)[C@H](OC)C3OC)C(OSOO[O-])C2OSOO[O-])[C@H](C(=O)[O-])O[C@@H]1O[C@H]1C(COS(=O)(=O)[O-])O[C@@H](OC)C(OSOO[O-])[C@H]1OSOO[O-]. The van der Waals surface area contributed by atoms with E-state index in [-0.39, 0.29) is 79.7 Å². The van der Waals surface area contributed by atoms with Crippen molar-refractivity contribution in [1.29, 1.82) is 0 Å². The average Bonchev–Trinajstić information content (AvgIpc) is 1.01. The number of rotatable bonds is 54. The molecule has 0 aromatic rings. The first-order valence-corrected chi connectivity index (χ1v) is 41.3. The third-order valence-corrected chi connectivity index (χ3v) is 22.5. The summed E-state index contributed by atoms with van der Waals surface area (Å²) in [4.78, 5) is 65.5. The predicted octanol–water partition coefficient (Wildman–Crippen LogP) is -10.6. The summed E-state index contributed by atoms with van der Waals surface area (Å²) in [6.07, 6.45) is -47.4. The Morgan fingerprint density at radius 1 is 0.448 bits per heavy atom. The fraction of sp³-hybridized carbons (Fsp3) is 0.906. The predicted molar refractivity (Wildman–Crippen MR) is 347 cm³/mol. The van der Waals surface area contributed by atoms with Crippen molar-refractivity contribution in [3.8, 4) is 0 Å². The van der Waals surface area contributed by atoms with E-state index in [0.29, 0.717) is 19.3 Å². The molecule has 0 aromatic carbocycles. The van der Waals surface area contributed by atoms with Crippen LogP contribution >= 0.6 is 61.1 Å². The first-order valence-electron chi connectivity index (χ1n) is 33.6. The Bertz CT molecular complexity index is 3350. The molecule has 7 fully saturated rings. The highest BCUT2D eigenvalue weighted by molar-refractivity contribution is 8.00. The number of carboxylic acids is 2. The molecule has 0 bridgehead atoms. The number of amides is 4. The molecule has 55 nitrogen and oxygen atoms in total. The van der Waals surface area contributed by atoms with Gasteiger partial charge in [0.25, 0.3) is 0 Å². The summed E-state index contributed by atoms with van der Waals surface area (Å²) in [5, 5.41) is 96.3. The number of hydrogen-bond acceptors (Lipinski definition) is 56. The lowest BCUT2D eigenvalue weighted by molar-refractivity contribution is -0.778. The topological polar surface area (TPSA) is 730 Å². The van der Waals surface area contributed by atoms with Crippen molar-refractivity contribution in [1.82, 2.24) is 21.3 Å². The molecule has 4 amide bonds. The summed E-state index contributed by atoms with van der Waals surface area (Å²) in [5.41, 5.74) is 0. The van der Waals surface area contributed by atoms with Gasteiger partial charge in [-0.25, -0.2) is 30.0 Å². The summed E-state index contributed by atoms with van der Waals surface area (Å²) in [6, 6.07) is -1.71. The summed E-state index contributed by atoms with van der Waals surface area (Å²) in [5.74, 6) is -4.61. The van der Waals surface area contributed by atoms with Gasteiger partial charge in [-0.15, -0.1) is 17.3 Å². The van der Waals surface area contributed by atoms with Crippen LogP contribution in [0.25, 0.3) is 0 Å². The van der Waals surface area contributed by atoms with Crippen LogP contribution in [0.2, 0.25) is 0 Å². The van der Waals surface area contributed by atoms with E-state index >= 15 is 0 Å². The number of fused-ring (bicyclic) bond motifs is 1. The second-order valence-corrected chi connectivity index (χ2v) is 31.0. The highest BCUT2D eigenvalue weighted by atomic mass is 32.3. The van der Waals surface area contributed by atoms with Gasteiger partial charge in [-0.2, -0.15) is 11.8 Å². The Morgan fingerprint density at radius 2 is 0.845 bits per heavy atom. The molecule has 28 atom stereocenters. The Kier molecular flexibility index (Phi) is 42.9. The van der Waals surface area contributed by atoms with Crippen molar-refractivity contribution in [3.05, 3.63) is 0 Å². The third kappa shape index (κ3) is 29.4. The molecule has 7 aliphatic heterocycles. The van der Waals surface area contributed by atoms with Crippen molar-refractivity contribution in [3.63, 3.8) is 0 Å². The first kappa shape index (κ1) is 100. The van der Waals surface area contributed by atoms with Crippen LogP contribution in [0.3, 0.4) is 0 Å². The van der Waals surface area contributed by atoms with Gasteiger partial charge in [-0.1, -0.05) is 12.8 Å². The number of carbonyl (C=O) groups excluding carboxylic acids is 5. The summed E-state index contributed by atoms with van der Waals surface area (Å²) in [7, 11) is -10.2. The van der Waals surface area contributed by atoms with Gasteiger partial charge < -0.3 is 152 Å². The smallest absolute Gasteiger partial charge is 0.315 e. The minimum Gasteiger partial charge on any atom is -0.726 e. The molecule has 4 N–H and O–H groups in total. The van der Waals surface area contributed by atoms with Crippen molar-refractivity contribution >= 4 is 122 Å². The van der Waals surface area contributed by atoms with E-state index in [1.165, 1.54) is 0 Å². The van der Waals surface area contributed by atoms with Crippen molar-refractivity contribution < 1.29 is 237 Å². The third-order valence-electron chi connectivity index (χ3n) is 18.1. The van der Waals surface area contributed by atoms with Gasteiger partial charge in [-0.05, 0) is 25.7 Å². The monoisotopic (exact) mass is 1840 g/mol. The molecule has 7 rings (SSSR count). The van der Waals surface area contributed by atoms with Crippen molar-refractivity contribution in [2.75, 3.05) is 81.9 Å². The molecule has 674 valence electrons. The normalized spacial score (nSPS) is 35.0. The van der Waals surface area contributed by atoms with E-state index < -0.39 is 247 Å². The molecule has 63 heteroatoms. The summed E-state index contributed by atoms with van der Waals surface area (Å²) in [6.45, 7) is -3.78. The van der Waals surface area contributed by atoms with Gasteiger partial charge in [0.1, 0.15) is 110 Å². The lowest BCUT2D eigenvalue weighted by atomic mass is 9.94. The molecule has 0 aromatic heterocycles. The van der Waals surface area contributed by atoms with E-state index in [0.717, 1.165) is 68.4 Å². The number of unbranched alkanes of at least 4 members (excludes halogenated alkanes) is 3. The molecule has 116 heavy (non-hydrogen) atoms. The lowest BCUT2D eigenvalue weighted by Gasteiger charge is -2.52. The minimum absolute atomic E-state index is 0.0293. The highest BCUT2D eigenvalue weighted by Crippen LogP contribution is 2.43. The number of urea groups is 1. The van der Waals surface area contributed by atoms with Gasteiger partial charge in [0, 0.05) is 80.2 Å².